The third kappa shape index (κ3) is 6.84. The van der Waals surface area contributed by atoms with E-state index in [1.165, 1.54) is 18.2 Å². The zero-order valence-electron chi connectivity index (χ0n) is 15.7. The summed E-state index contributed by atoms with van der Waals surface area (Å²) in [7, 11) is 2.30. The predicted octanol–water partition coefficient (Wildman–Crippen LogP) is 1.19. The minimum absolute atomic E-state index is 0.0582. The van der Waals surface area contributed by atoms with E-state index in [0.717, 1.165) is 14.2 Å². The van der Waals surface area contributed by atoms with E-state index in [2.05, 4.69) is 20.3 Å². The summed E-state index contributed by atoms with van der Waals surface area (Å²) in [4.78, 5) is 47.1. The summed E-state index contributed by atoms with van der Waals surface area (Å²) in [6.45, 7) is 4.45. The van der Waals surface area contributed by atoms with Crippen molar-refractivity contribution in [3.63, 3.8) is 0 Å². The number of benzene rings is 1. The molecule has 0 radical (unpaired) electrons. The van der Waals surface area contributed by atoms with Crippen molar-refractivity contribution in [2.45, 2.75) is 26.4 Å². The minimum Gasteiger partial charge on any atom is -0.483 e. The van der Waals surface area contributed by atoms with Gasteiger partial charge in [0.1, 0.15) is 16.9 Å². The summed E-state index contributed by atoms with van der Waals surface area (Å²) in [5, 5.41) is 0. The Morgan fingerprint density at radius 3 is 2.15 bits per heavy atom. The van der Waals surface area contributed by atoms with E-state index < -0.39 is 36.1 Å². The second-order valence-corrected chi connectivity index (χ2v) is 6.13. The van der Waals surface area contributed by atoms with E-state index in [1.54, 1.807) is 20.8 Å². The van der Waals surface area contributed by atoms with Crippen LogP contribution in [0.3, 0.4) is 0 Å². The van der Waals surface area contributed by atoms with Crippen molar-refractivity contribution < 1.29 is 38.1 Å². The molecule has 0 atom stereocenters. The number of carbonyl (C=O) groups is 4. The van der Waals surface area contributed by atoms with E-state index >= 15 is 0 Å². The van der Waals surface area contributed by atoms with Crippen LogP contribution in [-0.2, 0) is 19.0 Å². The van der Waals surface area contributed by atoms with Crippen LogP contribution in [0.5, 0.6) is 5.75 Å². The Labute approximate surface area is 156 Å². The molecule has 10 heteroatoms. The molecule has 0 fully saturated rings. The Hall–Kier alpha value is -3.30. The van der Waals surface area contributed by atoms with Gasteiger partial charge in [-0.1, -0.05) is 6.07 Å². The fourth-order valence-electron chi connectivity index (χ4n) is 1.85. The van der Waals surface area contributed by atoms with Crippen LogP contribution in [0, 0.1) is 0 Å². The van der Waals surface area contributed by atoms with Crippen molar-refractivity contribution in [1.82, 2.24) is 10.9 Å². The molecule has 0 aromatic heterocycles. The third-order valence-electron chi connectivity index (χ3n) is 2.88. The molecule has 2 N–H and O–H groups in total. The molecule has 0 aliphatic rings. The van der Waals surface area contributed by atoms with Gasteiger partial charge in [0.2, 0.25) is 0 Å². The molecule has 0 saturated carbocycles. The van der Waals surface area contributed by atoms with Gasteiger partial charge < -0.3 is 18.9 Å². The summed E-state index contributed by atoms with van der Waals surface area (Å²) >= 11 is 0. The number of ether oxygens (including phenoxy) is 4. The number of nitrogens with one attached hydrogen (secondary N) is 2. The maximum absolute atomic E-state index is 12.0. The molecule has 2 amide bonds. The van der Waals surface area contributed by atoms with Crippen LogP contribution in [0.4, 0.5) is 4.79 Å². The lowest BCUT2D eigenvalue weighted by atomic mass is 10.1. The predicted molar refractivity (Wildman–Crippen MR) is 92.1 cm³/mol. The number of carbonyl (C=O) groups excluding carboxylic acids is 4. The molecule has 0 heterocycles. The van der Waals surface area contributed by atoms with E-state index in [4.69, 9.17) is 9.47 Å². The molecule has 0 aliphatic carbocycles. The molecular formula is C17H22N2O8. The zero-order chi connectivity index (χ0) is 20.6. The lowest BCUT2D eigenvalue weighted by Gasteiger charge is -2.19. The molecule has 1 rings (SSSR count). The summed E-state index contributed by atoms with van der Waals surface area (Å²) in [6, 6.07) is 4.19. The first-order chi connectivity index (χ1) is 12.6. The van der Waals surface area contributed by atoms with Gasteiger partial charge >= 0.3 is 18.0 Å². The number of hydrazine groups is 1. The molecule has 0 bridgehead atoms. The van der Waals surface area contributed by atoms with Gasteiger partial charge in [-0.05, 0) is 32.9 Å². The highest BCUT2D eigenvalue weighted by atomic mass is 16.6. The van der Waals surface area contributed by atoms with Crippen molar-refractivity contribution in [3.05, 3.63) is 29.3 Å². The second-order valence-electron chi connectivity index (χ2n) is 6.13. The Kier molecular flexibility index (Phi) is 7.58. The Morgan fingerprint density at radius 2 is 1.59 bits per heavy atom. The SMILES string of the molecule is COC(=O)c1cccc(OCC(=O)NNC(=O)OC(C)(C)C)c1C(=O)OC. The summed E-state index contributed by atoms with van der Waals surface area (Å²) in [5.41, 5.74) is 3.16. The highest BCUT2D eigenvalue weighted by Crippen LogP contribution is 2.24. The quantitative estimate of drug-likeness (QED) is 0.441. The number of methoxy groups -OCH3 is 2. The molecule has 0 unspecified atom stereocenters. The summed E-state index contributed by atoms with van der Waals surface area (Å²) in [5.74, 6) is -2.38. The molecule has 10 nitrogen and oxygen atoms in total. The first-order valence-corrected chi connectivity index (χ1v) is 7.79. The van der Waals surface area contributed by atoms with E-state index in [1.807, 2.05) is 0 Å². The Bertz CT molecular complexity index is 724. The number of esters is 2. The average Bonchev–Trinajstić information content (AvgIpc) is 2.61. The first kappa shape index (κ1) is 21.7. The second kappa shape index (κ2) is 9.41. The number of amides is 2. The van der Waals surface area contributed by atoms with Gasteiger partial charge in [-0.15, -0.1) is 0 Å². The van der Waals surface area contributed by atoms with Gasteiger partial charge in [0.25, 0.3) is 5.91 Å². The highest BCUT2D eigenvalue weighted by molar-refractivity contribution is 6.05. The van der Waals surface area contributed by atoms with Crippen molar-refractivity contribution in [1.29, 1.82) is 0 Å². The fourth-order valence-corrected chi connectivity index (χ4v) is 1.85. The van der Waals surface area contributed by atoms with Crippen LogP contribution in [-0.4, -0.2) is 50.4 Å². The van der Waals surface area contributed by atoms with Gasteiger partial charge in [0.15, 0.2) is 6.61 Å². The number of hydrogen-bond donors (Lipinski definition) is 2. The van der Waals surface area contributed by atoms with Gasteiger partial charge in [-0.3, -0.25) is 10.2 Å². The van der Waals surface area contributed by atoms with Crippen LogP contribution in [0.1, 0.15) is 41.5 Å². The van der Waals surface area contributed by atoms with Gasteiger partial charge in [0.05, 0.1) is 19.8 Å². The van der Waals surface area contributed by atoms with Crippen molar-refractivity contribution >= 4 is 23.9 Å². The minimum atomic E-state index is -0.848. The lowest BCUT2D eigenvalue weighted by Crippen LogP contribution is -2.46. The largest absolute Gasteiger partial charge is 0.483 e. The highest BCUT2D eigenvalue weighted by Gasteiger charge is 2.24. The van der Waals surface area contributed by atoms with Crippen molar-refractivity contribution in [3.8, 4) is 5.75 Å². The Balaban J connectivity index is 2.79. The lowest BCUT2D eigenvalue weighted by molar-refractivity contribution is -0.124. The van der Waals surface area contributed by atoms with Crippen LogP contribution >= 0.6 is 0 Å². The molecule has 27 heavy (non-hydrogen) atoms. The maximum atomic E-state index is 12.0. The average molecular weight is 382 g/mol. The molecule has 148 valence electrons. The van der Waals surface area contributed by atoms with Crippen LogP contribution < -0.4 is 15.6 Å². The van der Waals surface area contributed by atoms with Gasteiger partial charge in [0, 0.05) is 0 Å². The zero-order valence-corrected chi connectivity index (χ0v) is 15.7. The smallest absolute Gasteiger partial charge is 0.426 e. The van der Waals surface area contributed by atoms with Crippen LogP contribution in [0.15, 0.2) is 18.2 Å². The molecular weight excluding hydrogens is 360 g/mol. The number of rotatable bonds is 5. The molecule has 1 aromatic carbocycles. The Morgan fingerprint density at radius 1 is 0.963 bits per heavy atom. The molecule has 0 aliphatic heterocycles. The standard InChI is InChI=1S/C17H22N2O8/c1-17(2,3)27-16(23)19-18-12(20)9-26-11-8-6-7-10(14(21)24-4)13(11)15(22)25-5/h6-8H,9H2,1-5H3,(H,18,20)(H,19,23). The molecule has 1 aromatic rings. The van der Waals surface area contributed by atoms with Gasteiger partial charge in [-0.25, -0.2) is 19.8 Å². The van der Waals surface area contributed by atoms with Crippen LogP contribution in [0.2, 0.25) is 0 Å². The maximum Gasteiger partial charge on any atom is 0.426 e. The monoisotopic (exact) mass is 382 g/mol. The van der Waals surface area contributed by atoms with Crippen molar-refractivity contribution in [2.24, 2.45) is 0 Å². The van der Waals surface area contributed by atoms with E-state index in [9.17, 15) is 19.2 Å². The molecule has 0 saturated heterocycles. The fraction of sp³-hybridized carbons (Fsp3) is 0.412. The summed E-state index contributed by atoms with van der Waals surface area (Å²) < 4.78 is 19.5. The topological polar surface area (TPSA) is 129 Å². The van der Waals surface area contributed by atoms with Gasteiger partial charge in [-0.2, -0.15) is 0 Å². The van der Waals surface area contributed by atoms with Crippen LogP contribution in [0.25, 0.3) is 0 Å². The van der Waals surface area contributed by atoms with Crippen molar-refractivity contribution in [2.75, 3.05) is 20.8 Å². The third-order valence-corrected chi connectivity index (χ3v) is 2.88. The van der Waals surface area contributed by atoms with E-state index in [0.29, 0.717) is 0 Å². The molecule has 0 spiro atoms. The normalized spacial score (nSPS) is 10.4. The first-order valence-electron chi connectivity index (χ1n) is 7.79. The van der Waals surface area contributed by atoms with E-state index in [-0.39, 0.29) is 16.9 Å². The number of hydrogen-bond acceptors (Lipinski definition) is 8. The summed E-state index contributed by atoms with van der Waals surface area (Å²) in [6.07, 6.45) is -0.848.